The first kappa shape index (κ1) is 12.1. The third kappa shape index (κ3) is 3.29. The van der Waals surface area contributed by atoms with Crippen LogP contribution in [0.2, 0.25) is 0 Å². The highest BCUT2D eigenvalue weighted by Gasteiger charge is 2.20. The van der Waals surface area contributed by atoms with E-state index < -0.39 is 0 Å². The van der Waals surface area contributed by atoms with E-state index >= 15 is 0 Å². The van der Waals surface area contributed by atoms with Crippen LogP contribution < -0.4 is 5.73 Å². The molecule has 90 valence electrons. The SMILES string of the molecule is Cc1csc(CC(N)C2CCCCCC2)n1. The molecule has 1 aromatic heterocycles. The summed E-state index contributed by atoms with van der Waals surface area (Å²) in [6, 6.07) is 0.323. The average molecular weight is 238 g/mol. The molecule has 2 nitrogen and oxygen atoms in total. The molecule has 0 bridgehead atoms. The molecule has 2 N–H and O–H groups in total. The van der Waals surface area contributed by atoms with Crippen molar-refractivity contribution >= 4 is 11.3 Å². The van der Waals surface area contributed by atoms with Crippen LogP contribution in [0.4, 0.5) is 0 Å². The van der Waals surface area contributed by atoms with E-state index in [0.29, 0.717) is 6.04 Å². The lowest BCUT2D eigenvalue weighted by atomic mass is 9.91. The van der Waals surface area contributed by atoms with E-state index in [1.807, 2.05) is 0 Å². The maximum Gasteiger partial charge on any atom is 0.0943 e. The van der Waals surface area contributed by atoms with Crippen LogP contribution in [-0.2, 0) is 6.42 Å². The number of aromatic nitrogens is 1. The smallest absolute Gasteiger partial charge is 0.0943 e. The minimum atomic E-state index is 0.323. The summed E-state index contributed by atoms with van der Waals surface area (Å²) >= 11 is 1.76. The summed E-state index contributed by atoms with van der Waals surface area (Å²) in [6.07, 6.45) is 9.17. The Hall–Kier alpha value is -0.410. The van der Waals surface area contributed by atoms with Crippen LogP contribution in [0, 0.1) is 12.8 Å². The third-order valence-electron chi connectivity index (χ3n) is 3.58. The van der Waals surface area contributed by atoms with Crippen LogP contribution in [0.5, 0.6) is 0 Å². The van der Waals surface area contributed by atoms with Gasteiger partial charge in [0.2, 0.25) is 0 Å². The monoisotopic (exact) mass is 238 g/mol. The summed E-state index contributed by atoms with van der Waals surface area (Å²) in [5.74, 6) is 0.728. The first-order valence-corrected chi connectivity index (χ1v) is 7.30. The number of hydrogen-bond donors (Lipinski definition) is 1. The van der Waals surface area contributed by atoms with Crippen molar-refractivity contribution in [3.05, 3.63) is 16.1 Å². The van der Waals surface area contributed by atoms with Gasteiger partial charge in [-0.2, -0.15) is 0 Å². The predicted molar refractivity (Wildman–Crippen MR) is 69.7 cm³/mol. The number of rotatable bonds is 3. The van der Waals surface area contributed by atoms with E-state index in [2.05, 4.69) is 17.3 Å². The number of nitrogens with zero attached hydrogens (tertiary/aromatic N) is 1. The standard InChI is InChI=1S/C13H22N2S/c1-10-9-16-13(15-10)8-12(14)11-6-4-2-3-5-7-11/h9,11-12H,2-8,14H2,1H3. The van der Waals surface area contributed by atoms with Gasteiger partial charge in [0.1, 0.15) is 0 Å². The molecule has 0 aliphatic heterocycles. The van der Waals surface area contributed by atoms with Crippen molar-refractivity contribution in [1.82, 2.24) is 4.98 Å². The van der Waals surface area contributed by atoms with Crippen LogP contribution in [-0.4, -0.2) is 11.0 Å². The highest BCUT2D eigenvalue weighted by atomic mass is 32.1. The fourth-order valence-corrected chi connectivity index (χ4v) is 3.45. The number of hydrogen-bond acceptors (Lipinski definition) is 3. The summed E-state index contributed by atoms with van der Waals surface area (Å²) in [4.78, 5) is 4.51. The van der Waals surface area contributed by atoms with Gasteiger partial charge in [0.25, 0.3) is 0 Å². The second-order valence-electron chi connectivity index (χ2n) is 5.00. The first-order chi connectivity index (χ1) is 7.75. The largest absolute Gasteiger partial charge is 0.327 e. The van der Waals surface area contributed by atoms with Gasteiger partial charge in [-0.15, -0.1) is 11.3 Å². The Morgan fingerprint density at radius 1 is 1.38 bits per heavy atom. The molecule has 0 radical (unpaired) electrons. The molecule has 1 aromatic rings. The molecule has 1 saturated carbocycles. The Bertz CT molecular complexity index is 313. The van der Waals surface area contributed by atoms with Gasteiger partial charge in [-0.1, -0.05) is 25.7 Å². The van der Waals surface area contributed by atoms with Crippen molar-refractivity contribution in [3.63, 3.8) is 0 Å². The second kappa shape index (κ2) is 5.78. The van der Waals surface area contributed by atoms with E-state index in [4.69, 9.17) is 5.73 Å². The molecule has 1 atom stereocenters. The lowest BCUT2D eigenvalue weighted by Crippen LogP contribution is -2.32. The van der Waals surface area contributed by atoms with Crippen molar-refractivity contribution in [1.29, 1.82) is 0 Å². The predicted octanol–water partition coefficient (Wildman–Crippen LogP) is 3.29. The second-order valence-corrected chi connectivity index (χ2v) is 5.94. The van der Waals surface area contributed by atoms with Crippen molar-refractivity contribution < 1.29 is 0 Å². The summed E-state index contributed by atoms with van der Waals surface area (Å²) in [7, 11) is 0. The molecule has 2 rings (SSSR count). The molecule has 1 aliphatic rings. The lowest BCUT2D eigenvalue weighted by Gasteiger charge is -2.21. The molecule has 1 unspecified atom stereocenters. The van der Waals surface area contributed by atoms with E-state index in [1.165, 1.54) is 43.5 Å². The van der Waals surface area contributed by atoms with Crippen molar-refractivity contribution in [3.8, 4) is 0 Å². The van der Waals surface area contributed by atoms with Gasteiger partial charge in [-0.05, 0) is 25.7 Å². The average Bonchev–Trinajstić information content (AvgIpc) is 2.56. The summed E-state index contributed by atoms with van der Waals surface area (Å²) < 4.78 is 0. The maximum absolute atomic E-state index is 6.33. The molecule has 1 aliphatic carbocycles. The van der Waals surface area contributed by atoms with E-state index in [1.54, 1.807) is 11.3 Å². The fraction of sp³-hybridized carbons (Fsp3) is 0.769. The van der Waals surface area contributed by atoms with Crippen molar-refractivity contribution in [2.45, 2.75) is 57.9 Å². The number of aryl methyl sites for hydroxylation is 1. The van der Waals surface area contributed by atoms with Gasteiger partial charge in [0, 0.05) is 23.5 Å². The molecule has 1 fully saturated rings. The quantitative estimate of drug-likeness (QED) is 0.821. The van der Waals surface area contributed by atoms with Crippen LogP contribution in [0.1, 0.15) is 49.2 Å². The van der Waals surface area contributed by atoms with Crippen molar-refractivity contribution in [2.75, 3.05) is 0 Å². The third-order valence-corrected chi connectivity index (χ3v) is 4.57. The zero-order valence-corrected chi connectivity index (χ0v) is 10.9. The van der Waals surface area contributed by atoms with Gasteiger partial charge < -0.3 is 5.73 Å². The maximum atomic E-state index is 6.33. The van der Waals surface area contributed by atoms with Gasteiger partial charge in [-0.3, -0.25) is 0 Å². The molecular weight excluding hydrogens is 216 g/mol. The normalized spacial score (nSPS) is 20.6. The van der Waals surface area contributed by atoms with Crippen molar-refractivity contribution in [2.24, 2.45) is 11.7 Å². The Balaban J connectivity index is 1.88. The Labute approximate surface area is 102 Å². The molecule has 0 spiro atoms. The highest BCUT2D eigenvalue weighted by Crippen LogP contribution is 2.26. The zero-order chi connectivity index (χ0) is 11.4. The summed E-state index contributed by atoms with van der Waals surface area (Å²) in [5, 5.41) is 3.34. The van der Waals surface area contributed by atoms with Crippen LogP contribution >= 0.6 is 11.3 Å². The molecule has 16 heavy (non-hydrogen) atoms. The molecule has 0 saturated heterocycles. The number of thiazole rings is 1. The minimum Gasteiger partial charge on any atom is -0.327 e. The zero-order valence-electron chi connectivity index (χ0n) is 10.1. The highest BCUT2D eigenvalue weighted by molar-refractivity contribution is 7.09. The first-order valence-electron chi connectivity index (χ1n) is 6.42. The van der Waals surface area contributed by atoms with Gasteiger partial charge in [-0.25, -0.2) is 4.98 Å². The molecule has 3 heteroatoms. The lowest BCUT2D eigenvalue weighted by molar-refractivity contribution is 0.372. The van der Waals surface area contributed by atoms with E-state index in [0.717, 1.165) is 18.0 Å². The Morgan fingerprint density at radius 2 is 2.06 bits per heavy atom. The minimum absolute atomic E-state index is 0.323. The van der Waals surface area contributed by atoms with Gasteiger partial charge in [0.15, 0.2) is 0 Å². The topological polar surface area (TPSA) is 38.9 Å². The Morgan fingerprint density at radius 3 is 2.62 bits per heavy atom. The van der Waals surface area contributed by atoms with Crippen LogP contribution in [0.3, 0.4) is 0 Å². The molecule has 1 heterocycles. The van der Waals surface area contributed by atoms with Gasteiger partial charge >= 0.3 is 0 Å². The van der Waals surface area contributed by atoms with E-state index in [9.17, 15) is 0 Å². The molecule has 0 amide bonds. The molecule has 0 aromatic carbocycles. The Kier molecular flexibility index (Phi) is 4.36. The van der Waals surface area contributed by atoms with Crippen LogP contribution in [0.15, 0.2) is 5.38 Å². The molecular formula is C13H22N2S. The van der Waals surface area contributed by atoms with Gasteiger partial charge in [0.05, 0.1) is 5.01 Å². The van der Waals surface area contributed by atoms with E-state index in [-0.39, 0.29) is 0 Å². The fourth-order valence-electron chi connectivity index (χ4n) is 2.60. The number of nitrogens with two attached hydrogens (primary N) is 1. The summed E-state index contributed by atoms with van der Waals surface area (Å²) in [6.45, 7) is 2.05. The summed E-state index contributed by atoms with van der Waals surface area (Å²) in [5.41, 5.74) is 7.46. The van der Waals surface area contributed by atoms with Crippen LogP contribution in [0.25, 0.3) is 0 Å².